The molecule has 0 aliphatic carbocycles. The molecule has 156 valence electrons. The van der Waals surface area contributed by atoms with E-state index >= 15 is 0 Å². The summed E-state index contributed by atoms with van der Waals surface area (Å²) >= 11 is 1.09. The van der Waals surface area contributed by atoms with E-state index in [-0.39, 0.29) is 10.6 Å². The number of benzene rings is 2. The predicted molar refractivity (Wildman–Crippen MR) is 118 cm³/mol. The number of amides is 1. The summed E-state index contributed by atoms with van der Waals surface area (Å²) in [4.78, 5) is 25.6. The van der Waals surface area contributed by atoms with Gasteiger partial charge in [0.2, 0.25) is 5.78 Å². The second-order valence-electron chi connectivity index (χ2n) is 6.64. The van der Waals surface area contributed by atoms with E-state index in [1.54, 1.807) is 79.0 Å². The van der Waals surface area contributed by atoms with Gasteiger partial charge in [0.25, 0.3) is 15.9 Å². The first kappa shape index (κ1) is 21.9. The van der Waals surface area contributed by atoms with Gasteiger partial charge in [0.15, 0.2) is 0 Å². The Morgan fingerprint density at radius 3 is 2.13 bits per heavy atom. The van der Waals surface area contributed by atoms with Crippen LogP contribution >= 0.6 is 11.3 Å². The van der Waals surface area contributed by atoms with Crippen LogP contribution in [0.2, 0.25) is 0 Å². The van der Waals surface area contributed by atoms with Crippen LogP contribution in [0.25, 0.3) is 0 Å². The summed E-state index contributed by atoms with van der Waals surface area (Å²) in [6.07, 6.45) is 0.285. The molecule has 3 rings (SSSR count). The largest absolute Gasteiger partial charge is 0.319 e. The Kier molecular flexibility index (Phi) is 7.15. The molecule has 0 spiro atoms. The van der Waals surface area contributed by atoms with Crippen LogP contribution in [0.4, 0.5) is 5.69 Å². The number of carbonyl (C=O) groups excluding carboxylic acids is 2. The van der Waals surface area contributed by atoms with Gasteiger partial charge in [0, 0.05) is 11.6 Å². The fourth-order valence-corrected chi connectivity index (χ4v) is 5.41. The SMILES string of the molecule is CC[C@@H](C(=O)C(=O)Nc1ccccc1)[C@@H](NS(=O)(=O)c1cccs1)c1ccccc1. The van der Waals surface area contributed by atoms with Crippen LogP contribution in [0.15, 0.2) is 82.4 Å². The van der Waals surface area contributed by atoms with E-state index in [4.69, 9.17) is 0 Å². The Morgan fingerprint density at radius 2 is 1.57 bits per heavy atom. The van der Waals surface area contributed by atoms with Gasteiger partial charge in [-0.05, 0) is 35.6 Å². The van der Waals surface area contributed by atoms with Crippen molar-refractivity contribution in [1.82, 2.24) is 4.72 Å². The minimum atomic E-state index is -3.85. The van der Waals surface area contributed by atoms with Crippen molar-refractivity contribution in [3.63, 3.8) is 0 Å². The number of nitrogens with one attached hydrogen (secondary N) is 2. The molecule has 2 N–H and O–H groups in total. The summed E-state index contributed by atoms with van der Waals surface area (Å²) in [5.74, 6) is -2.32. The first-order valence-electron chi connectivity index (χ1n) is 9.43. The maximum atomic E-state index is 13.0. The van der Waals surface area contributed by atoms with Crippen molar-refractivity contribution in [3.05, 3.63) is 83.7 Å². The molecule has 0 fully saturated rings. The maximum absolute atomic E-state index is 13.0. The first-order chi connectivity index (χ1) is 14.4. The lowest BCUT2D eigenvalue weighted by molar-refractivity contribution is -0.137. The van der Waals surface area contributed by atoms with E-state index in [1.165, 1.54) is 6.07 Å². The van der Waals surface area contributed by atoms with Gasteiger partial charge >= 0.3 is 0 Å². The molecule has 0 saturated heterocycles. The van der Waals surface area contributed by atoms with Crippen molar-refractivity contribution in [1.29, 1.82) is 0 Å². The number of carbonyl (C=O) groups is 2. The smallest absolute Gasteiger partial charge is 0.292 e. The lowest BCUT2D eigenvalue weighted by Gasteiger charge is -2.26. The second-order valence-corrected chi connectivity index (χ2v) is 9.53. The van der Waals surface area contributed by atoms with Crippen LogP contribution in [0.1, 0.15) is 24.9 Å². The number of Topliss-reactive ketones (excluding diaryl/α,β-unsaturated/α-hetero) is 1. The number of rotatable bonds is 9. The van der Waals surface area contributed by atoms with Crippen molar-refractivity contribution in [2.45, 2.75) is 23.6 Å². The van der Waals surface area contributed by atoms with Gasteiger partial charge < -0.3 is 5.32 Å². The normalized spacial score (nSPS) is 13.4. The Morgan fingerprint density at radius 1 is 0.933 bits per heavy atom. The zero-order valence-corrected chi connectivity index (χ0v) is 17.9. The average Bonchev–Trinajstić information content (AvgIpc) is 3.31. The zero-order chi connectivity index (χ0) is 21.6. The third kappa shape index (κ3) is 5.21. The minimum Gasteiger partial charge on any atom is -0.319 e. The van der Waals surface area contributed by atoms with Crippen LogP contribution < -0.4 is 10.0 Å². The number of hydrogen-bond acceptors (Lipinski definition) is 5. The lowest BCUT2D eigenvalue weighted by atomic mass is 9.87. The molecule has 6 nitrogen and oxygen atoms in total. The quantitative estimate of drug-likeness (QED) is 0.490. The molecule has 8 heteroatoms. The Hall–Kier alpha value is -2.81. The summed E-state index contributed by atoms with van der Waals surface area (Å²) in [5, 5.41) is 4.26. The molecule has 0 bridgehead atoms. The molecule has 0 aliphatic rings. The van der Waals surface area contributed by atoms with Crippen molar-refractivity contribution in [2.75, 3.05) is 5.32 Å². The third-order valence-electron chi connectivity index (χ3n) is 4.64. The predicted octanol–water partition coefficient (Wildman–Crippen LogP) is 4.00. The van der Waals surface area contributed by atoms with Crippen LogP contribution in [-0.4, -0.2) is 20.1 Å². The molecular weight excluding hydrogens is 420 g/mol. The molecule has 1 aromatic heterocycles. The van der Waals surface area contributed by atoms with Gasteiger partial charge in [0.1, 0.15) is 4.21 Å². The molecule has 30 heavy (non-hydrogen) atoms. The summed E-state index contributed by atoms with van der Waals surface area (Å²) < 4.78 is 28.5. The van der Waals surface area contributed by atoms with Gasteiger partial charge in [-0.2, -0.15) is 0 Å². The van der Waals surface area contributed by atoms with E-state index < -0.39 is 33.7 Å². The Labute approximate surface area is 180 Å². The highest BCUT2D eigenvalue weighted by Gasteiger charge is 2.35. The van der Waals surface area contributed by atoms with Gasteiger partial charge in [0.05, 0.1) is 6.04 Å². The van der Waals surface area contributed by atoms with Crippen LogP contribution in [0.5, 0.6) is 0 Å². The molecule has 0 radical (unpaired) electrons. The summed E-state index contributed by atoms with van der Waals surface area (Å²) in [5.41, 5.74) is 1.12. The molecular formula is C22H22N2O4S2. The van der Waals surface area contributed by atoms with E-state index in [9.17, 15) is 18.0 Å². The first-order valence-corrected chi connectivity index (χ1v) is 11.8. The molecule has 0 aliphatic heterocycles. The number of anilines is 1. The molecule has 1 heterocycles. The molecule has 0 saturated carbocycles. The van der Waals surface area contributed by atoms with Crippen LogP contribution in [0.3, 0.4) is 0 Å². The standard InChI is InChI=1S/C22H22N2O4S2/c1-2-18(21(25)22(26)23-17-12-7-4-8-13-17)20(16-10-5-3-6-11-16)24-30(27,28)19-14-9-15-29-19/h3-15,18,20,24H,2H2,1H3,(H,23,26)/t18-,20+/m1/s1. The fraction of sp³-hybridized carbons (Fsp3) is 0.182. The number of sulfonamides is 1. The molecule has 2 atom stereocenters. The number of thiophene rings is 1. The van der Waals surface area contributed by atoms with Crippen molar-refractivity contribution in [2.24, 2.45) is 5.92 Å². The second kappa shape index (κ2) is 9.80. The highest BCUT2D eigenvalue weighted by Crippen LogP contribution is 2.29. The zero-order valence-electron chi connectivity index (χ0n) is 16.3. The monoisotopic (exact) mass is 442 g/mol. The van der Waals surface area contributed by atoms with Gasteiger partial charge in [-0.3, -0.25) is 9.59 Å². The van der Waals surface area contributed by atoms with Crippen molar-refractivity contribution >= 4 is 38.7 Å². The Balaban J connectivity index is 1.90. The summed E-state index contributed by atoms with van der Waals surface area (Å²) in [6.45, 7) is 1.76. The van der Waals surface area contributed by atoms with E-state index in [0.717, 1.165) is 11.3 Å². The highest BCUT2D eigenvalue weighted by atomic mass is 32.2. The number of para-hydroxylation sites is 1. The summed E-state index contributed by atoms with van der Waals surface area (Å²) in [6, 6.07) is 19.8. The van der Waals surface area contributed by atoms with Gasteiger partial charge in [-0.25, -0.2) is 13.1 Å². The Bertz CT molecular complexity index is 1080. The van der Waals surface area contributed by atoms with E-state index in [2.05, 4.69) is 10.0 Å². The van der Waals surface area contributed by atoms with Gasteiger partial charge in [-0.1, -0.05) is 61.5 Å². The van der Waals surface area contributed by atoms with Crippen LogP contribution in [0, 0.1) is 5.92 Å². The average molecular weight is 443 g/mol. The van der Waals surface area contributed by atoms with E-state index in [0.29, 0.717) is 11.3 Å². The maximum Gasteiger partial charge on any atom is 0.292 e. The van der Waals surface area contributed by atoms with Gasteiger partial charge in [-0.15, -0.1) is 11.3 Å². The number of ketones is 1. The summed E-state index contributed by atoms with van der Waals surface area (Å²) in [7, 11) is -3.85. The molecule has 0 unspecified atom stereocenters. The minimum absolute atomic E-state index is 0.152. The fourth-order valence-electron chi connectivity index (χ4n) is 3.14. The van der Waals surface area contributed by atoms with E-state index in [1.807, 2.05) is 0 Å². The molecule has 3 aromatic rings. The van der Waals surface area contributed by atoms with Crippen LogP contribution in [-0.2, 0) is 19.6 Å². The van der Waals surface area contributed by atoms with Crippen molar-refractivity contribution in [3.8, 4) is 0 Å². The molecule has 1 amide bonds. The third-order valence-corrected chi connectivity index (χ3v) is 7.47. The number of hydrogen-bond donors (Lipinski definition) is 2. The lowest BCUT2D eigenvalue weighted by Crippen LogP contribution is -2.40. The molecule has 2 aromatic carbocycles. The van der Waals surface area contributed by atoms with Crippen molar-refractivity contribution < 1.29 is 18.0 Å². The highest BCUT2D eigenvalue weighted by molar-refractivity contribution is 7.91. The topological polar surface area (TPSA) is 92.3 Å².